The van der Waals surface area contributed by atoms with Crippen molar-refractivity contribution in [2.24, 2.45) is 39.6 Å². The summed E-state index contributed by atoms with van der Waals surface area (Å²) in [6.45, 7) is 1.34. The Morgan fingerprint density at radius 1 is 0.781 bits per heavy atom. The summed E-state index contributed by atoms with van der Waals surface area (Å²) in [7, 11) is 0. The molecule has 28 heteroatoms. The van der Waals surface area contributed by atoms with Gasteiger partial charge in [-0.15, -0.1) is 0 Å². The van der Waals surface area contributed by atoms with E-state index in [2.05, 4.69) is 54.8 Å². The number of rotatable bonds is 29. The second-order valence-electron chi connectivity index (χ2n) is 14.8. The summed E-state index contributed by atoms with van der Waals surface area (Å²) in [6.07, 6.45) is -0.531. The van der Waals surface area contributed by atoms with Crippen LogP contribution in [0.15, 0.2) is 4.99 Å². The molecule has 0 radical (unpaired) electrons. The SMILES string of the molecule is CC[C@H](C)[C@H](NC(=O)[C@H](CS)NC(=O)[C@@H](N)CO)C(=O)N[C@@H](CCC(N)=O)C(=O)N1CCC[C@H]1C(=O)NCC(=O)N[C@@H](CCCN=C(N)N)C(=O)NCC(=O)N[C@@H](CC(=O)O)C(N)=O. The Bertz CT molecular complexity index is 1730. The summed E-state index contributed by atoms with van der Waals surface area (Å²) in [5, 5.41) is 34.8. The van der Waals surface area contributed by atoms with Gasteiger partial charge < -0.3 is 81.0 Å². The number of aliphatic imine (C=N–C) groups is 1. The van der Waals surface area contributed by atoms with Crippen molar-refractivity contribution in [1.82, 2.24) is 42.1 Å². The van der Waals surface area contributed by atoms with Gasteiger partial charge in [0, 0.05) is 25.3 Å². The largest absolute Gasteiger partial charge is 0.481 e. The lowest BCUT2D eigenvalue weighted by Gasteiger charge is -2.31. The highest BCUT2D eigenvalue weighted by atomic mass is 32.1. The molecule has 360 valence electrons. The zero-order valence-electron chi connectivity index (χ0n) is 35.6. The van der Waals surface area contributed by atoms with Crippen LogP contribution in [0.3, 0.4) is 0 Å². The van der Waals surface area contributed by atoms with Crippen molar-refractivity contribution >= 4 is 83.6 Å². The summed E-state index contributed by atoms with van der Waals surface area (Å²) < 4.78 is 0. The number of carbonyl (C=O) groups excluding carboxylic acids is 10. The number of primary amides is 2. The minimum atomic E-state index is -1.56. The second kappa shape index (κ2) is 28.4. The van der Waals surface area contributed by atoms with E-state index in [0.29, 0.717) is 12.8 Å². The van der Waals surface area contributed by atoms with Gasteiger partial charge in [0.05, 0.1) is 26.1 Å². The van der Waals surface area contributed by atoms with Crippen molar-refractivity contribution in [2.45, 2.75) is 108 Å². The summed E-state index contributed by atoms with van der Waals surface area (Å²) in [5.41, 5.74) is 26.7. The maximum atomic E-state index is 14.0. The van der Waals surface area contributed by atoms with E-state index in [1.807, 2.05) is 0 Å². The van der Waals surface area contributed by atoms with E-state index in [4.69, 9.17) is 33.8 Å². The van der Waals surface area contributed by atoms with E-state index in [9.17, 15) is 57.8 Å². The monoisotopic (exact) mass is 930 g/mol. The summed E-state index contributed by atoms with van der Waals surface area (Å²) in [5.74, 6) is -11.1. The molecule has 1 rings (SSSR count). The van der Waals surface area contributed by atoms with Crippen LogP contribution in [0.25, 0.3) is 0 Å². The molecule has 10 amide bonds. The first-order valence-electron chi connectivity index (χ1n) is 20.2. The molecule has 8 atom stereocenters. The Kier molecular flexibility index (Phi) is 24.7. The molecule has 64 heavy (non-hydrogen) atoms. The lowest BCUT2D eigenvalue weighted by molar-refractivity contribution is -0.142. The van der Waals surface area contributed by atoms with Gasteiger partial charge >= 0.3 is 5.97 Å². The Morgan fingerprint density at radius 2 is 1.39 bits per heavy atom. The maximum absolute atomic E-state index is 14.0. The van der Waals surface area contributed by atoms with Crippen LogP contribution in [0, 0.1) is 5.92 Å². The number of carboxylic acids is 1. The van der Waals surface area contributed by atoms with Crippen molar-refractivity contribution < 1.29 is 63.0 Å². The van der Waals surface area contributed by atoms with Gasteiger partial charge in [-0.05, 0) is 38.0 Å². The number of carbonyl (C=O) groups is 11. The minimum absolute atomic E-state index is 0.0407. The van der Waals surface area contributed by atoms with E-state index in [0.717, 1.165) is 4.90 Å². The van der Waals surface area contributed by atoms with Gasteiger partial charge in [0.1, 0.15) is 42.3 Å². The third-order valence-corrected chi connectivity index (χ3v) is 10.1. The predicted molar refractivity (Wildman–Crippen MR) is 229 cm³/mol. The number of amides is 10. The molecule has 0 aliphatic carbocycles. The number of aliphatic carboxylic acids is 1. The number of hydrogen-bond donors (Lipinski definition) is 15. The first-order valence-corrected chi connectivity index (χ1v) is 20.9. The number of thiol groups is 1. The van der Waals surface area contributed by atoms with Gasteiger partial charge in [0.25, 0.3) is 0 Å². The highest BCUT2D eigenvalue weighted by Gasteiger charge is 2.39. The van der Waals surface area contributed by atoms with Crippen molar-refractivity contribution in [3.63, 3.8) is 0 Å². The Hall–Kier alpha value is -6.29. The average Bonchev–Trinajstić information content (AvgIpc) is 3.74. The second-order valence-corrected chi connectivity index (χ2v) is 15.2. The zero-order chi connectivity index (χ0) is 48.7. The first-order chi connectivity index (χ1) is 30.1. The molecule has 0 spiro atoms. The lowest BCUT2D eigenvalue weighted by atomic mass is 9.97. The van der Waals surface area contributed by atoms with Crippen molar-refractivity contribution in [1.29, 1.82) is 0 Å². The van der Waals surface area contributed by atoms with Crippen molar-refractivity contribution in [2.75, 3.05) is 38.5 Å². The minimum Gasteiger partial charge on any atom is -0.481 e. The van der Waals surface area contributed by atoms with Gasteiger partial charge in [-0.2, -0.15) is 12.6 Å². The fraction of sp³-hybridized carbons (Fsp3) is 0.667. The van der Waals surface area contributed by atoms with Gasteiger partial charge in [0.15, 0.2) is 5.96 Å². The zero-order valence-corrected chi connectivity index (χ0v) is 36.5. The third kappa shape index (κ3) is 19.8. The summed E-state index contributed by atoms with van der Waals surface area (Å²) in [4.78, 5) is 144. The Labute approximate surface area is 373 Å². The molecular weight excluding hydrogens is 869 g/mol. The first kappa shape index (κ1) is 55.7. The highest BCUT2D eigenvalue weighted by Crippen LogP contribution is 2.20. The lowest BCUT2D eigenvalue weighted by Crippen LogP contribution is -2.60. The van der Waals surface area contributed by atoms with Gasteiger partial charge in [-0.25, -0.2) is 0 Å². The highest BCUT2D eigenvalue weighted by molar-refractivity contribution is 7.80. The molecule has 0 aromatic rings. The van der Waals surface area contributed by atoms with Crippen LogP contribution in [-0.2, 0) is 52.7 Å². The fourth-order valence-corrected chi connectivity index (χ4v) is 6.31. The Balaban J connectivity index is 3.13. The normalized spacial score (nSPS) is 16.5. The topological polar surface area (TPSA) is 458 Å². The van der Waals surface area contributed by atoms with E-state index < -0.39 is 139 Å². The molecule has 1 aliphatic rings. The molecule has 19 N–H and O–H groups in total. The third-order valence-electron chi connectivity index (χ3n) is 9.78. The van der Waals surface area contributed by atoms with E-state index >= 15 is 0 Å². The van der Waals surface area contributed by atoms with E-state index in [1.165, 1.54) is 0 Å². The number of hydrogen-bond acceptors (Lipinski definition) is 15. The standard InChI is InChI=1S/C36H62N14O13S/c1-3-17(2)28(49-32(60)22(16-64)48-30(58)18(37)15-51)34(62)47-20(8-9-24(38)52)35(63)50-11-5-7-23(50)33(61)44-14-25(53)45-19(6-4-10-42-36(40)41)31(59)43-13-26(54)46-21(29(39)57)12-27(55)56/h17-23,28,51,64H,3-16,37H2,1-2H3,(H2,38,52)(H2,39,57)(H,43,59)(H,44,61)(H,45,53)(H,46,54)(H,47,62)(H,48,58)(H,49,60)(H,55,56)(H4,40,41,42)/t17-,18-,19-,20-,21-,22-,23-,28-/m0/s1. The molecule has 0 saturated carbocycles. The molecule has 0 unspecified atom stereocenters. The molecule has 1 fully saturated rings. The quantitative estimate of drug-likeness (QED) is 0.0143. The van der Waals surface area contributed by atoms with Crippen LogP contribution in [-0.4, -0.2) is 167 Å². The van der Waals surface area contributed by atoms with Crippen molar-refractivity contribution in [3.8, 4) is 0 Å². The van der Waals surface area contributed by atoms with Crippen LogP contribution in [0.2, 0.25) is 0 Å². The van der Waals surface area contributed by atoms with Crippen LogP contribution in [0.4, 0.5) is 0 Å². The molecule has 1 saturated heterocycles. The van der Waals surface area contributed by atoms with E-state index in [-0.39, 0.29) is 56.9 Å². The van der Waals surface area contributed by atoms with Crippen molar-refractivity contribution in [3.05, 3.63) is 0 Å². The number of aliphatic hydroxyl groups excluding tert-OH is 1. The van der Waals surface area contributed by atoms with Gasteiger partial charge in [-0.1, -0.05) is 20.3 Å². The molecule has 1 aliphatic heterocycles. The molecular formula is C36H62N14O13S. The fourth-order valence-electron chi connectivity index (χ4n) is 6.06. The molecule has 0 aromatic heterocycles. The summed E-state index contributed by atoms with van der Waals surface area (Å²) >= 11 is 4.09. The number of nitrogens with one attached hydrogen (secondary N) is 7. The predicted octanol–water partition coefficient (Wildman–Crippen LogP) is -7.79. The molecule has 27 nitrogen and oxygen atoms in total. The molecule has 0 bridgehead atoms. The van der Waals surface area contributed by atoms with Gasteiger partial charge in [0.2, 0.25) is 59.1 Å². The molecule has 1 heterocycles. The van der Waals surface area contributed by atoms with Crippen LogP contribution >= 0.6 is 12.6 Å². The number of nitrogens with two attached hydrogens (primary N) is 5. The van der Waals surface area contributed by atoms with E-state index in [1.54, 1.807) is 13.8 Å². The number of aliphatic hydroxyl groups is 1. The van der Waals surface area contributed by atoms with Crippen LogP contribution in [0.1, 0.15) is 65.2 Å². The number of likely N-dealkylation sites (tertiary alicyclic amines) is 1. The maximum Gasteiger partial charge on any atom is 0.305 e. The smallest absolute Gasteiger partial charge is 0.305 e. The molecule has 0 aromatic carbocycles. The Morgan fingerprint density at radius 3 is 1.94 bits per heavy atom. The number of nitrogens with zero attached hydrogens (tertiary/aromatic N) is 2. The summed E-state index contributed by atoms with van der Waals surface area (Å²) in [6, 6.07) is -9.29. The van der Waals surface area contributed by atoms with Crippen LogP contribution < -0.4 is 65.9 Å². The number of carboxylic acid groups (broad SMARTS) is 1. The van der Waals surface area contributed by atoms with Gasteiger partial charge in [-0.3, -0.25) is 57.7 Å². The average molecular weight is 931 g/mol. The van der Waals surface area contributed by atoms with Crippen LogP contribution in [0.5, 0.6) is 0 Å². The number of guanidine groups is 1.